The van der Waals surface area contributed by atoms with E-state index < -0.39 is 0 Å². The number of nitrogens with zero attached hydrogens (tertiary/aromatic N) is 2. The molecule has 24 heavy (non-hydrogen) atoms. The average molecular weight is 339 g/mol. The Morgan fingerprint density at radius 3 is 2.71 bits per heavy atom. The van der Waals surface area contributed by atoms with Crippen LogP contribution in [0.3, 0.4) is 0 Å². The van der Waals surface area contributed by atoms with Crippen molar-refractivity contribution < 1.29 is 4.79 Å². The van der Waals surface area contributed by atoms with E-state index in [-0.39, 0.29) is 11.7 Å². The monoisotopic (exact) mass is 339 g/mol. The minimum Gasteiger partial charge on any atom is -0.325 e. The number of carbonyl (C=O) groups is 1. The quantitative estimate of drug-likeness (QED) is 0.830. The summed E-state index contributed by atoms with van der Waals surface area (Å²) in [5, 5.41) is 12.9. The molecule has 0 aliphatic carbocycles. The SMILES string of the molecule is CCc1cccc(C)c1NC(=O)CSc1nc(C)cc(C)c1C#N. The van der Waals surface area contributed by atoms with Crippen molar-refractivity contribution in [2.24, 2.45) is 0 Å². The first kappa shape index (κ1) is 18.0. The van der Waals surface area contributed by atoms with Crippen LogP contribution in [0.25, 0.3) is 0 Å². The summed E-state index contributed by atoms with van der Waals surface area (Å²) in [7, 11) is 0. The summed E-state index contributed by atoms with van der Waals surface area (Å²) in [6.07, 6.45) is 0.863. The summed E-state index contributed by atoms with van der Waals surface area (Å²) in [4.78, 5) is 16.7. The number of carbonyl (C=O) groups excluding carboxylic acids is 1. The number of benzene rings is 1. The Morgan fingerprint density at radius 2 is 2.04 bits per heavy atom. The molecule has 1 aromatic heterocycles. The minimum atomic E-state index is -0.0890. The highest BCUT2D eigenvalue weighted by Crippen LogP contribution is 2.25. The fraction of sp³-hybridized carbons (Fsp3) is 0.316. The van der Waals surface area contributed by atoms with E-state index in [1.807, 2.05) is 45.0 Å². The van der Waals surface area contributed by atoms with Gasteiger partial charge < -0.3 is 5.32 Å². The maximum atomic E-state index is 12.3. The maximum absolute atomic E-state index is 12.3. The molecule has 0 fully saturated rings. The number of anilines is 1. The van der Waals surface area contributed by atoms with Gasteiger partial charge in [-0.15, -0.1) is 0 Å². The molecule has 1 N–H and O–H groups in total. The number of nitrogens with one attached hydrogen (secondary N) is 1. The van der Waals surface area contributed by atoms with Crippen molar-refractivity contribution in [2.45, 2.75) is 39.1 Å². The van der Waals surface area contributed by atoms with Gasteiger partial charge in [-0.3, -0.25) is 4.79 Å². The number of nitriles is 1. The van der Waals surface area contributed by atoms with Crippen LogP contribution in [0.15, 0.2) is 29.3 Å². The number of pyridine rings is 1. The van der Waals surface area contributed by atoms with Crippen LogP contribution in [0.2, 0.25) is 0 Å². The standard InChI is InChI=1S/C19H21N3OS/c1-5-15-8-6-7-12(2)18(15)22-17(23)11-24-19-16(10-20)13(3)9-14(4)21-19/h6-9H,5,11H2,1-4H3,(H,22,23). The second kappa shape index (κ2) is 7.98. The molecule has 1 heterocycles. The Hall–Kier alpha value is -2.32. The average Bonchev–Trinajstić information content (AvgIpc) is 2.54. The van der Waals surface area contributed by atoms with E-state index in [2.05, 4.69) is 23.3 Å². The largest absolute Gasteiger partial charge is 0.325 e. The third-order valence-electron chi connectivity index (χ3n) is 3.77. The Bertz CT molecular complexity index is 809. The zero-order chi connectivity index (χ0) is 17.7. The second-order valence-corrected chi connectivity index (χ2v) is 6.64. The number of amides is 1. The number of aryl methyl sites for hydroxylation is 4. The molecule has 0 aliphatic rings. The van der Waals surface area contributed by atoms with Gasteiger partial charge in [-0.05, 0) is 49.9 Å². The van der Waals surface area contributed by atoms with E-state index in [1.165, 1.54) is 11.8 Å². The van der Waals surface area contributed by atoms with Gasteiger partial charge in [0.1, 0.15) is 11.1 Å². The molecule has 0 bridgehead atoms. The van der Waals surface area contributed by atoms with Gasteiger partial charge in [-0.1, -0.05) is 36.9 Å². The third-order valence-corrected chi connectivity index (χ3v) is 4.74. The predicted molar refractivity (Wildman–Crippen MR) is 98.3 cm³/mol. The highest BCUT2D eigenvalue weighted by atomic mass is 32.2. The van der Waals surface area contributed by atoms with Crippen LogP contribution in [-0.2, 0) is 11.2 Å². The van der Waals surface area contributed by atoms with Crippen LogP contribution in [0.5, 0.6) is 0 Å². The molecule has 0 radical (unpaired) electrons. The van der Waals surface area contributed by atoms with Crippen molar-refractivity contribution >= 4 is 23.4 Å². The van der Waals surface area contributed by atoms with Gasteiger partial charge in [0.05, 0.1) is 11.3 Å². The Morgan fingerprint density at radius 1 is 1.29 bits per heavy atom. The van der Waals surface area contributed by atoms with Gasteiger partial charge in [0.25, 0.3) is 0 Å². The first-order valence-electron chi connectivity index (χ1n) is 7.85. The van der Waals surface area contributed by atoms with Crippen molar-refractivity contribution in [3.05, 3.63) is 52.2 Å². The lowest BCUT2D eigenvalue weighted by Gasteiger charge is -2.13. The van der Waals surface area contributed by atoms with E-state index in [0.717, 1.165) is 34.5 Å². The van der Waals surface area contributed by atoms with Gasteiger partial charge >= 0.3 is 0 Å². The Balaban J connectivity index is 2.12. The van der Waals surface area contributed by atoms with Gasteiger partial charge in [-0.2, -0.15) is 5.26 Å². The van der Waals surface area contributed by atoms with Gasteiger partial charge in [-0.25, -0.2) is 4.98 Å². The molecule has 0 atom stereocenters. The van der Waals surface area contributed by atoms with Crippen molar-refractivity contribution in [3.8, 4) is 6.07 Å². The summed E-state index contributed by atoms with van der Waals surface area (Å²) in [5.41, 5.74) is 5.34. The molecule has 0 saturated heterocycles. The molecule has 1 aromatic carbocycles. The zero-order valence-electron chi connectivity index (χ0n) is 14.4. The second-order valence-electron chi connectivity index (χ2n) is 5.67. The summed E-state index contributed by atoms with van der Waals surface area (Å²) < 4.78 is 0. The van der Waals surface area contributed by atoms with Crippen molar-refractivity contribution in [1.82, 2.24) is 4.98 Å². The number of hydrogen-bond donors (Lipinski definition) is 1. The lowest BCUT2D eigenvalue weighted by atomic mass is 10.1. The van der Waals surface area contributed by atoms with Gasteiger partial charge in [0, 0.05) is 11.4 Å². The smallest absolute Gasteiger partial charge is 0.234 e. The number of para-hydroxylation sites is 1. The van der Waals surface area contributed by atoms with E-state index in [1.54, 1.807) is 0 Å². The minimum absolute atomic E-state index is 0.0890. The molecule has 2 rings (SSSR count). The van der Waals surface area contributed by atoms with E-state index in [0.29, 0.717) is 10.6 Å². The normalized spacial score (nSPS) is 10.3. The summed E-state index contributed by atoms with van der Waals surface area (Å²) in [6, 6.07) is 10.1. The molecular formula is C19H21N3OS. The van der Waals surface area contributed by atoms with E-state index >= 15 is 0 Å². The topological polar surface area (TPSA) is 65.8 Å². The van der Waals surface area contributed by atoms with E-state index in [4.69, 9.17) is 0 Å². The third kappa shape index (κ3) is 4.15. The van der Waals surface area contributed by atoms with Crippen LogP contribution in [-0.4, -0.2) is 16.6 Å². The Labute approximate surface area is 147 Å². The lowest BCUT2D eigenvalue weighted by molar-refractivity contribution is -0.113. The van der Waals surface area contributed by atoms with Gasteiger partial charge in [0.2, 0.25) is 5.91 Å². The highest BCUT2D eigenvalue weighted by Gasteiger charge is 2.13. The molecule has 2 aromatic rings. The molecule has 0 unspecified atom stereocenters. The fourth-order valence-electron chi connectivity index (χ4n) is 2.55. The van der Waals surface area contributed by atoms with Crippen LogP contribution < -0.4 is 5.32 Å². The van der Waals surface area contributed by atoms with E-state index in [9.17, 15) is 10.1 Å². The zero-order valence-corrected chi connectivity index (χ0v) is 15.3. The fourth-order valence-corrected chi connectivity index (χ4v) is 3.45. The van der Waals surface area contributed by atoms with Crippen LogP contribution in [0.1, 0.15) is 34.9 Å². The van der Waals surface area contributed by atoms with Crippen LogP contribution in [0, 0.1) is 32.1 Å². The summed E-state index contributed by atoms with van der Waals surface area (Å²) >= 11 is 1.30. The summed E-state index contributed by atoms with van der Waals surface area (Å²) in [6.45, 7) is 7.83. The molecule has 1 amide bonds. The van der Waals surface area contributed by atoms with Crippen LogP contribution in [0.4, 0.5) is 5.69 Å². The first-order valence-corrected chi connectivity index (χ1v) is 8.84. The molecular weight excluding hydrogens is 318 g/mol. The predicted octanol–water partition coefficient (Wildman–Crippen LogP) is 4.17. The van der Waals surface area contributed by atoms with Crippen molar-refractivity contribution in [2.75, 3.05) is 11.1 Å². The molecule has 5 heteroatoms. The molecule has 124 valence electrons. The molecule has 0 spiro atoms. The first-order chi connectivity index (χ1) is 11.5. The molecule has 4 nitrogen and oxygen atoms in total. The molecule has 0 saturated carbocycles. The summed E-state index contributed by atoms with van der Waals surface area (Å²) in [5.74, 6) is 0.135. The number of thioether (sulfide) groups is 1. The number of rotatable bonds is 5. The maximum Gasteiger partial charge on any atom is 0.234 e. The molecule has 0 aliphatic heterocycles. The number of aromatic nitrogens is 1. The highest BCUT2D eigenvalue weighted by molar-refractivity contribution is 8.00. The van der Waals surface area contributed by atoms with Crippen LogP contribution >= 0.6 is 11.8 Å². The Kier molecular flexibility index (Phi) is 5.99. The lowest BCUT2D eigenvalue weighted by Crippen LogP contribution is -2.16. The number of hydrogen-bond acceptors (Lipinski definition) is 4. The van der Waals surface area contributed by atoms with Crippen molar-refractivity contribution in [1.29, 1.82) is 5.26 Å². The van der Waals surface area contributed by atoms with Gasteiger partial charge in [0.15, 0.2) is 0 Å². The van der Waals surface area contributed by atoms with Crippen molar-refractivity contribution in [3.63, 3.8) is 0 Å².